The van der Waals surface area contributed by atoms with Gasteiger partial charge in [0.2, 0.25) is 0 Å². The molecule has 0 radical (unpaired) electrons. The van der Waals surface area contributed by atoms with Crippen molar-refractivity contribution in [3.63, 3.8) is 0 Å². The van der Waals surface area contributed by atoms with Crippen molar-refractivity contribution in [1.82, 2.24) is 0 Å². The predicted octanol–water partition coefficient (Wildman–Crippen LogP) is 2.69. The first-order chi connectivity index (χ1) is 10.1. The second kappa shape index (κ2) is 13.4. The Morgan fingerprint density at radius 1 is 0.762 bits per heavy atom. The lowest BCUT2D eigenvalue weighted by atomic mass is 10.1. The molecule has 0 aliphatic rings. The first-order valence-electron chi connectivity index (χ1n) is 7.59. The Morgan fingerprint density at radius 2 is 1.29 bits per heavy atom. The Morgan fingerprint density at radius 3 is 1.86 bits per heavy atom. The molecule has 0 amide bonds. The highest BCUT2D eigenvalue weighted by Gasteiger charge is 2.06. The fourth-order valence-corrected chi connectivity index (χ4v) is 1.81. The third-order valence-corrected chi connectivity index (χ3v) is 2.90. The minimum atomic E-state index is -0.749. The molecule has 0 unspecified atom stereocenters. The molecule has 0 aliphatic heterocycles. The lowest BCUT2D eigenvalue weighted by Crippen LogP contribution is -2.11. The second-order valence-corrected chi connectivity index (χ2v) is 4.79. The van der Waals surface area contributed by atoms with E-state index < -0.39 is 5.97 Å². The molecule has 0 fully saturated rings. The molecule has 0 spiro atoms. The van der Waals surface area contributed by atoms with Crippen molar-refractivity contribution >= 4 is 17.9 Å². The van der Waals surface area contributed by atoms with E-state index >= 15 is 0 Å². The molecular formula is C15H26O6. The van der Waals surface area contributed by atoms with Crippen LogP contribution < -0.4 is 0 Å². The largest absolute Gasteiger partial charge is 0.481 e. The average Bonchev–Trinajstić information content (AvgIpc) is 2.41. The zero-order valence-corrected chi connectivity index (χ0v) is 12.8. The van der Waals surface area contributed by atoms with Crippen molar-refractivity contribution in [3.05, 3.63) is 0 Å². The summed E-state index contributed by atoms with van der Waals surface area (Å²) in [5, 5.41) is 8.47. The number of carboxylic acids is 1. The van der Waals surface area contributed by atoms with E-state index in [1.165, 1.54) is 0 Å². The Kier molecular flexibility index (Phi) is 12.4. The quantitative estimate of drug-likeness (QED) is 0.415. The molecule has 0 aromatic heterocycles. The Hall–Kier alpha value is -1.59. The van der Waals surface area contributed by atoms with Crippen LogP contribution in [0.3, 0.4) is 0 Å². The topological polar surface area (TPSA) is 89.9 Å². The molecule has 0 atom stereocenters. The minimum absolute atomic E-state index is 0.0762. The van der Waals surface area contributed by atoms with Crippen LogP contribution in [0.4, 0.5) is 0 Å². The summed E-state index contributed by atoms with van der Waals surface area (Å²) in [7, 11) is 0. The number of carboxylic acid groups (broad SMARTS) is 1. The van der Waals surface area contributed by atoms with E-state index in [2.05, 4.69) is 0 Å². The van der Waals surface area contributed by atoms with Crippen LogP contribution in [-0.2, 0) is 23.9 Å². The number of aliphatic carboxylic acids is 1. The maximum absolute atomic E-state index is 11.4. The number of carbonyl (C=O) groups is 3. The van der Waals surface area contributed by atoms with E-state index in [0.29, 0.717) is 19.4 Å². The Labute approximate surface area is 125 Å². The number of carbonyl (C=O) groups excluding carboxylic acids is 2. The summed E-state index contributed by atoms with van der Waals surface area (Å²) in [6.45, 7) is 2.14. The van der Waals surface area contributed by atoms with Crippen LogP contribution in [0.15, 0.2) is 0 Å². The number of hydrogen-bond donors (Lipinski definition) is 1. The maximum atomic E-state index is 11.4. The smallest absolute Gasteiger partial charge is 0.309 e. The van der Waals surface area contributed by atoms with Gasteiger partial charge in [0.05, 0.1) is 13.0 Å². The van der Waals surface area contributed by atoms with Crippen LogP contribution >= 0.6 is 0 Å². The molecule has 6 heteroatoms. The summed E-state index contributed by atoms with van der Waals surface area (Å²) in [6, 6.07) is 0. The van der Waals surface area contributed by atoms with Gasteiger partial charge in [0.1, 0.15) is 6.61 Å². The van der Waals surface area contributed by atoms with E-state index in [1.54, 1.807) is 6.92 Å². The summed E-state index contributed by atoms with van der Waals surface area (Å²) < 4.78 is 9.64. The lowest BCUT2D eigenvalue weighted by molar-refractivity contribution is -0.149. The third kappa shape index (κ3) is 14.6. The Balaban J connectivity index is 3.30. The fourth-order valence-electron chi connectivity index (χ4n) is 1.81. The SMILES string of the molecule is CCOC(=O)CCOC(=O)CCCCCCCCC(=O)O. The van der Waals surface area contributed by atoms with Crippen LogP contribution in [0.1, 0.15) is 64.7 Å². The average molecular weight is 302 g/mol. The van der Waals surface area contributed by atoms with Crippen LogP contribution in [-0.4, -0.2) is 36.2 Å². The van der Waals surface area contributed by atoms with Gasteiger partial charge in [-0.1, -0.05) is 25.7 Å². The van der Waals surface area contributed by atoms with Crippen LogP contribution in [0, 0.1) is 0 Å². The van der Waals surface area contributed by atoms with Crippen molar-refractivity contribution in [2.45, 2.75) is 64.7 Å². The zero-order chi connectivity index (χ0) is 15.9. The summed E-state index contributed by atoms with van der Waals surface area (Å²) in [6.07, 6.45) is 5.99. The van der Waals surface area contributed by atoms with Gasteiger partial charge in [-0.15, -0.1) is 0 Å². The van der Waals surface area contributed by atoms with Crippen molar-refractivity contribution < 1.29 is 29.0 Å². The van der Waals surface area contributed by atoms with Gasteiger partial charge in [-0.05, 0) is 19.8 Å². The van der Waals surface area contributed by atoms with E-state index in [0.717, 1.165) is 32.1 Å². The number of esters is 2. The van der Waals surface area contributed by atoms with Crippen LogP contribution in [0.25, 0.3) is 0 Å². The molecule has 0 aromatic rings. The summed E-state index contributed by atoms with van der Waals surface area (Å²) in [5.74, 6) is -1.39. The van der Waals surface area contributed by atoms with Gasteiger partial charge >= 0.3 is 17.9 Å². The second-order valence-electron chi connectivity index (χ2n) is 4.79. The zero-order valence-electron chi connectivity index (χ0n) is 12.8. The van der Waals surface area contributed by atoms with Crippen LogP contribution in [0.5, 0.6) is 0 Å². The summed E-state index contributed by atoms with van der Waals surface area (Å²) in [4.78, 5) is 32.6. The molecule has 0 heterocycles. The van der Waals surface area contributed by atoms with Crippen molar-refractivity contribution in [1.29, 1.82) is 0 Å². The normalized spacial score (nSPS) is 10.1. The minimum Gasteiger partial charge on any atom is -0.481 e. The molecule has 21 heavy (non-hydrogen) atoms. The monoisotopic (exact) mass is 302 g/mol. The third-order valence-electron chi connectivity index (χ3n) is 2.90. The van der Waals surface area contributed by atoms with Gasteiger partial charge in [0, 0.05) is 12.8 Å². The van der Waals surface area contributed by atoms with Gasteiger partial charge in [-0.2, -0.15) is 0 Å². The summed E-state index contributed by atoms with van der Waals surface area (Å²) in [5.41, 5.74) is 0. The molecule has 0 saturated carbocycles. The van der Waals surface area contributed by atoms with Gasteiger partial charge < -0.3 is 14.6 Å². The maximum Gasteiger partial charge on any atom is 0.309 e. The highest BCUT2D eigenvalue weighted by atomic mass is 16.5. The summed E-state index contributed by atoms with van der Waals surface area (Å²) >= 11 is 0. The number of ether oxygens (including phenoxy) is 2. The first-order valence-corrected chi connectivity index (χ1v) is 7.59. The predicted molar refractivity (Wildman–Crippen MR) is 76.8 cm³/mol. The van der Waals surface area contributed by atoms with Gasteiger partial charge in [0.25, 0.3) is 0 Å². The molecule has 122 valence electrons. The number of hydrogen-bond acceptors (Lipinski definition) is 5. The van der Waals surface area contributed by atoms with Gasteiger partial charge in [0.15, 0.2) is 0 Å². The number of unbranched alkanes of at least 4 members (excludes halogenated alkanes) is 5. The molecular weight excluding hydrogens is 276 g/mol. The molecule has 0 saturated heterocycles. The van der Waals surface area contributed by atoms with Crippen molar-refractivity contribution in [3.8, 4) is 0 Å². The molecule has 0 rings (SSSR count). The molecule has 6 nitrogen and oxygen atoms in total. The van der Waals surface area contributed by atoms with Gasteiger partial charge in [-0.3, -0.25) is 14.4 Å². The molecule has 0 aromatic carbocycles. The molecule has 1 N–H and O–H groups in total. The van der Waals surface area contributed by atoms with E-state index in [-0.39, 0.29) is 31.4 Å². The number of rotatable bonds is 13. The standard InChI is InChI=1S/C15H26O6/c1-2-20-15(19)11-12-21-14(18)10-8-6-4-3-5-7-9-13(16)17/h2-12H2,1H3,(H,16,17). The highest BCUT2D eigenvalue weighted by molar-refractivity contribution is 5.71. The van der Waals surface area contributed by atoms with Crippen molar-refractivity contribution in [2.24, 2.45) is 0 Å². The van der Waals surface area contributed by atoms with Gasteiger partial charge in [-0.25, -0.2) is 0 Å². The molecule has 0 aliphatic carbocycles. The van der Waals surface area contributed by atoms with E-state index in [1.807, 2.05) is 0 Å². The fraction of sp³-hybridized carbons (Fsp3) is 0.800. The first kappa shape index (κ1) is 19.4. The van der Waals surface area contributed by atoms with E-state index in [4.69, 9.17) is 14.6 Å². The van der Waals surface area contributed by atoms with Crippen molar-refractivity contribution in [2.75, 3.05) is 13.2 Å². The highest BCUT2D eigenvalue weighted by Crippen LogP contribution is 2.09. The molecule has 0 bridgehead atoms. The van der Waals surface area contributed by atoms with E-state index in [9.17, 15) is 14.4 Å². The lowest BCUT2D eigenvalue weighted by Gasteiger charge is -2.05. The Bertz CT molecular complexity index is 313. The van der Waals surface area contributed by atoms with Crippen LogP contribution in [0.2, 0.25) is 0 Å².